The summed E-state index contributed by atoms with van der Waals surface area (Å²) in [6.07, 6.45) is -4.61. The molecule has 0 spiro atoms. The number of nitrogens with two attached hydrogens (primary N) is 1. The summed E-state index contributed by atoms with van der Waals surface area (Å²) in [5, 5.41) is 12.9. The highest BCUT2D eigenvalue weighted by molar-refractivity contribution is 5.91. The second kappa shape index (κ2) is 9.01. The van der Waals surface area contributed by atoms with Gasteiger partial charge in [0, 0.05) is 18.2 Å². The smallest absolute Gasteiger partial charge is 0.433 e. The van der Waals surface area contributed by atoms with Gasteiger partial charge in [0.25, 0.3) is 0 Å². The molecule has 0 aliphatic rings. The summed E-state index contributed by atoms with van der Waals surface area (Å²) in [6, 6.07) is 7.37. The Labute approximate surface area is 175 Å². The van der Waals surface area contributed by atoms with Crippen LogP contribution in [0.2, 0.25) is 0 Å². The molecule has 0 radical (unpaired) electrons. The predicted octanol–water partition coefficient (Wildman–Crippen LogP) is 3.44. The molecule has 8 nitrogen and oxygen atoms in total. The fraction of sp³-hybridized carbons (Fsp3) is 0.300. The largest absolute Gasteiger partial charge is 0.490 e. The second-order valence-corrected chi connectivity index (χ2v) is 6.57. The zero-order valence-corrected chi connectivity index (χ0v) is 16.7. The fourth-order valence-corrected chi connectivity index (χ4v) is 2.87. The number of hydrogen-bond donors (Lipinski definition) is 2. The van der Waals surface area contributed by atoms with Crippen molar-refractivity contribution in [2.75, 3.05) is 31.4 Å². The van der Waals surface area contributed by atoms with Gasteiger partial charge >= 0.3 is 6.18 Å². The van der Waals surface area contributed by atoms with Crippen LogP contribution in [0.1, 0.15) is 22.8 Å². The zero-order valence-electron chi connectivity index (χ0n) is 16.7. The molecule has 0 aliphatic carbocycles. The Balaban J connectivity index is 1.96. The molecule has 11 heteroatoms. The number of rotatable bonds is 7. The molecule has 0 amide bonds. The number of nitriles is 1. The molecule has 0 fully saturated rings. The first kappa shape index (κ1) is 22.0. The number of nitrogen functional groups attached to an aromatic ring is 1. The van der Waals surface area contributed by atoms with Crippen LogP contribution in [0.25, 0.3) is 10.9 Å². The lowest BCUT2D eigenvalue weighted by Gasteiger charge is -2.14. The fourth-order valence-electron chi connectivity index (χ4n) is 2.87. The van der Waals surface area contributed by atoms with E-state index in [-0.39, 0.29) is 24.5 Å². The molecule has 0 unspecified atom stereocenters. The van der Waals surface area contributed by atoms with Gasteiger partial charge in [0.2, 0.25) is 0 Å². The van der Waals surface area contributed by atoms with Gasteiger partial charge in [-0.3, -0.25) is 0 Å². The molecular formula is C20H19F3N6O2. The lowest BCUT2D eigenvalue weighted by Crippen LogP contribution is -2.13. The molecule has 0 atom stereocenters. The maximum absolute atomic E-state index is 13.0. The number of aryl methyl sites for hydroxylation is 1. The Morgan fingerprint density at radius 2 is 1.90 bits per heavy atom. The van der Waals surface area contributed by atoms with Crippen molar-refractivity contribution in [1.29, 1.82) is 5.26 Å². The normalized spacial score (nSPS) is 11.4. The van der Waals surface area contributed by atoms with Crippen molar-refractivity contribution in [3.05, 3.63) is 47.0 Å². The Bertz CT molecular complexity index is 1140. The van der Waals surface area contributed by atoms with Gasteiger partial charge < -0.3 is 20.5 Å². The molecule has 1 aromatic carbocycles. The third kappa shape index (κ3) is 5.29. The van der Waals surface area contributed by atoms with Crippen molar-refractivity contribution < 1.29 is 22.6 Å². The minimum Gasteiger partial charge on any atom is -0.490 e. The molecule has 31 heavy (non-hydrogen) atoms. The van der Waals surface area contributed by atoms with Gasteiger partial charge in [-0.25, -0.2) is 15.0 Å². The number of nitrogens with one attached hydrogen (secondary N) is 1. The van der Waals surface area contributed by atoms with E-state index >= 15 is 0 Å². The number of anilines is 2. The van der Waals surface area contributed by atoms with Gasteiger partial charge in [-0.2, -0.15) is 18.4 Å². The van der Waals surface area contributed by atoms with Crippen LogP contribution in [-0.4, -0.2) is 35.3 Å². The van der Waals surface area contributed by atoms with Crippen LogP contribution < -0.4 is 15.8 Å². The van der Waals surface area contributed by atoms with Crippen LogP contribution in [0, 0.1) is 18.3 Å². The maximum Gasteiger partial charge on any atom is 0.433 e. The van der Waals surface area contributed by atoms with E-state index in [1.807, 2.05) is 0 Å². The quantitative estimate of drug-likeness (QED) is 0.545. The summed E-state index contributed by atoms with van der Waals surface area (Å²) in [6.45, 7) is 2.18. The number of benzene rings is 1. The van der Waals surface area contributed by atoms with Gasteiger partial charge in [-0.15, -0.1) is 0 Å². The molecule has 3 N–H and O–H groups in total. The molecule has 162 valence electrons. The maximum atomic E-state index is 13.0. The molecule has 2 aromatic heterocycles. The molecule has 0 bridgehead atoms. The molecule has 2 heterocycles. The lowest BCUT2D eigenvalue weighted by atomic mass is 10.1. The summed E-state index contributed by atoms with van der Waals surface area (Å²) in [4.78, 5) is 12.3. The summed E-state index contributed by atoms with van der Waals surface area (Å²) in [7, 11) is 1.53. The summed E-state index contributed by atoms with van der Waals surface area (Å²) in [5.41, 5.74) is 5.36. The highest BCUT2D eigenvalue weighted by atomic mass is 19.4. The highest BCUT2D eigenvalue weighted by Gasteiger charge is 2.33. The van der Waals surface area contributed by atoms with Crippen molar-refractivity contribution >= 4 is 22.4 Å². The zero-order chi connectivity index (χ0) is 22.6. The van der Waals surface area contributed by atoms with Crippen LogP contribution in [0.3, 0.4) is 0 Å². The topological polar surface area (TPSA) is 119 Å². The van der Waals surface area contributed by atoms with E-state index in [9.17, 15) is 18.4 Å². The number of aromatic nitrogens is 3. The Kier molecular flexibility index (Phi) is 6.41. The van der Waals surface area contributed by atoms with E-state index < -0.39 is 11.9 Å². The third-order valence-electron chi connectivity index (χ3n) is 4.20. The minimum atomic E-state index is -4.61. The number of fused-ring (bicyclic) bond motifs is 1. The Morgan fingerprint density at radius 1 is 1.13 bits per heavy atom. The van der Waals surface area contributed by atoms with Crippen molar-refractivity contribution in [3.63, 3.8) is 0 Å². The first-order valence-corrected chi connectivity index (χ1v) is 9.13. The number of nitrogens with zero attached hydrogens (tertiary/aromatic N) is 4. The van der Waals surface area contributed by atoms with E-state index in [1.165, 1.54) is 13.2 Å². The van der Waals surface area contributed by atoms with Crippen molar-refractivity contribution in [2.45, 2.75) is 19.6 Å². The average molecular weight is 432 g/mol. The van der Waals surface area contributed by atoms with Crippen molar-refractivity contribution in [1.82, 2.24) is 15.0 Å². The number of ether oxygens (including phenoxy) is 2. The van der Waals surface area contributed by atoms with Crippen LogP contribution in [0.15, 0.2) is 24.3 Å². The lowest BCUT2D eigenvalue weighted by molar-refractivity contribution is -0.141. The first-order chi connectivity index (χ1) is 14.7. The van der Waals surface area contributed by atoms with Gasteiger partial charge in [0.1, 0.15) is 35.8 Å². The first-order valence-electron chi connectivity index (χ1n) is 9.13. The molecule has 0 saturated carbocycles. The van der Waals surface area contributed by atoms with Crippen molar-refractivity contribution in [3.8, 4) is 11.8 Å². The number of hydrogen-bond acceptors (Lipinski definition) is 8. The number of halogens is 3. The van der Waals surface area contributed by atoms with Gasteiger partial charge in [0.05, 0.1) is 29.9 Å². The predicted molar refractivity (Wildman–Crippen MR) is 107 cm³/mol. The Morgan fingerprint density at radius 3 is 2.58 bits per heavy atom. The standard InChI is InChI=1S/C20H19F3N6O2/c1-11-27-16-5-12(9-24)17(31-4-3-30-2)8-15(16)19(28-11)26-10-14-6-13(25)7-18(29-14)20(21,22)23/h5-8H,3-4,10H2,1-2H3,(H2,25,29)(H,26,27,28). The van der Waals surface area contributed by atoms with Crippen molar-refractivity contribution in [2.24, 2.45) is 0 Å². The van der Waals surface area contributed by atoms with Crippen LogP contribution in [0.4, 0.5) is 24.7 Å². The molecule has 3 rings (SSSR count). The summed E-state index contributed by atoms with van der Waals surface area (Å²) < 4.78 is 49.6. The van der Waals surface area contributed by atoms with E-state index in [4.69, 9.17) is 15.2 Å². The number of alkyl halides is 3. The monoisotopic (exact) mass is 432 g/mol. The van der Waals surface area contributed by atoms with E-state index in [0.29, 0.717) is 40.5 Å². The van der Waals surface area contributed by atoms with Crippen LogP contribution >= 0.6 is 0 Å². The summed E-state index contributed by atoms with van der Waals surface area (Å²) >= 11 is 0. The van der Waals surface area contributed by atoms with Crippen LogP contribution in [-0.2, 0) is 17.5 Å². The van der Waals surface area contributed by atoms with Gasteiger partial charge in [-0.05, 0) is 31.2 Å². The SMILES string of the molecule is COCCOc1cc2c(NCc3cc(N)cc(C(F)(F)F)n3)nc(C)nc2cc1C#N. The number of methoxy groups -OCH3 is 1. The minimum absolute atomic E-state index is 0.0460. The van der Waals surface area contributed by atoms with E-state index in [2.05, 4.69) is 26.3 Å². The average Bonchev–Trinajstić information content (AvgIpc) is 2.70. The Hall–Kier alpha value is -3.65. The van der Waals surface area contributed by atoms with E-state index in [0.717, 1.165) is 6.07 Å². The highest BCUT2D eigenvalue weighted by Crippen LogP contribution is 2.31. The molecule has 0 saturated heterocycles. The van der Waals surface area contributed by atoms with Gasteiger partial charge in [0.15, 0.2) is 0 Å². The molecule has 3 aromatic rings. The van der Waals surface area contributed by atoms with Crippen LogP contribution in [0.5, 0.6) is 5.75 Å². The number of pyridine rings is 1. The molecular weight excluding hydrogens is 413 g/mol. The van der Waals surface area contributed by atoms with Gasteiger partial charge in [-0.1, -0.05) is 0 Å². The summed E-state index contributed by atoms with van der Waals surface area (Å²) in [5.74, 6) is 1.11. The van der Waals surface area contributed by atoms with E-state index in [1.54, 1.807) is 19.1 Å². The second-order valence-electron chi connectivity index (χ2n) is 6.57. The molecule has 0 aliphatic heterocycles. The third-order valence-corrected chi connectivity index (χ3v) is 4.20.